The predicted molar refractivity (Wildman–Crippen MR) is 75.6 cm³/mol. The number of rotatable bonds is 5. The summed E-state index contributed by atoms with van der Waals surface area (Å²) in [5.74, 6) is -0.725. The second-order valence-electron chi connectivity index (χ2n) is 4.48. The van der Waals surface area contributed by atoms with E-state index in [1.165, 1.54) is 18.3 Å². The quantitative estimate of drug-likeness (QED) is 0.884. The average Bonchev–Trinajstić information content (AvgIpc) is 2.80. The minimum atomic E-state index is -4.37. The van der Waals surface area contributed by atoms with Gasteiger partial charge in [0.25, 0.3) is 5.91 Å². The number of alkyl halides is 3. The standard InChI is InChI=1S/C13H12ClF3N4O/c14-9-2-1-3-10(11(9)12(18)22)19-6-8-4-5-20-21(8)7-13(15,16)17/h1-5,19H,6-7H2,(H2,18,22). The number of amides is 1. The smallest absolute Gasteiger partial charge is 0.379 e. The number of nitrogens with one attached hydrogen (secondary N) is 1. The third-order valence-corrected chi connectivity index (χ3v) is 3.17. The number of hydrogen-bond donors (Lipinski definition) is 2. The molecule has 0 aliphatic heterocycles. The molecule has 5 nitrogen and oxygen atoms in total. The first-order valence-electron chi connectivity index (χ1n) is 6.17. The second-order valence-corrected chi connectivity index (χ2v) is 4.88. The number of benzene rings is 1. The van der Waals surface area contributed by atoms with E-state index < -0.39 is 18.6 Å². The molecule has 0 atom stereocenters. The number of aromatic nitrogens is 2. The zero-order valence-corrected chi connectivity index (χ0v) is 11.9. The Kier molecular flexibility index (Phi) is 4.60. The normalized spacial score (nSPS) is 11.5. The molecule has 0 aliphatic rings. The van der Waals surface area contributed by atoms with Gasteiger partial charge in [-0.2, -0.15) is 18.3 Å². The van der Waals surface area contributed by atoms with E-state index in [1.54, 1.807) is 12.1 Å². The van der Waals surface area contributed by atoms with Gasteiger partial charge in [-0.1, -0.05) is 17.7 Å². The van der Waals surface area contributed by atoms with Crippen molar-refractivity contribution in [2.75, 3.05) is 5.32 Å². The fourth-order valence-electron chi connectivity index (χ4n) is 1.93. The Morgan fingerprint density at radius 3 is 2.73 bits per heavy atom. The van der Waals surface area contributed by atoms with Crippen LogP contribution >= 0.6 is 11.6 Å². The Morgan fingerprint density at radius 1 is 1.36 bits per heavy atom. The van der Waals surface area contributed by atoms with Gasteiger partial charge in [0.1, 0.15) is 6.54 Å². The molecule has 118 valence electrons. The number of anilines is 1. The first-order chi connectivity index (χ1) is 10.3. The van der Waals surface area contributed by atoms with Crippen LogP contribution in [0.2, 0.25) is 5.02 Å². The maximum Gasteiger partial charge on any atom is 0.408 e. The first kappa shape index (κ1) is 16.2. The van der Waals surface area contributed by atoms with Crippen molar-refractivity contribution in [1.29, 1.82) is 0 Å². The molecule has 0 spiro atoms. The van der Waals surface area contributed by atoms with E-state index in [-0.39, 0.29) is 17.1 Å². The van der Waals surface area contributed by atoms with Gasteiger partial charge in [0, 0.05) is 11.9 Å². The molecular weight excluding hydrogens is 321 g/mol. The molecule has 22 heavy (non-hydrogen) atoms. The lowest BCUT2D eigenvalue weighted by Crippen LogP contribution is -2.21. The van der Waals surface area contributed by atoms with Crippen molar-refractivity contribution >= 4 is 23.2 Å². The Morgan fingerprint density at radius 2 is 2.09 bits per heavy atom. The van der Waals surface area contributed by atoms with Gasteiger partial charge in [0.05, 0.1) is 22.8 Å². The largest absolute Gasteiger partial charge is 0.408 e. The third-order valence-electron chi connectivity index (χ3n) is 2.85. The van der Waals surface area contributed by atoms with E-state index in [1.807, 2.05) is 0 Å². The fraction of sp³-hybridized carbons (Fsp3) is 0.231. The molecule has 0 unspecified atom stereocenters. The van der Waals surface area contributed by atoms with Gasteiger partial charge in [0.15, 0.2) is 0 Å². The van der Waals surface area contributed by atoms with E-state index in [2.05, 4.69) is 10.4 Å². The van der Waals surface area contributed by atoms with E-state index >= 15 is 0 Å². The summed E-state index contributed by atoms with van der Waals surface area (Å²) >= 11 is 5.90. The minimum Gasteiger partial charge on any atom is -0.379 e. The molecule has 0 aliphatic carbocycles. The highest BCUT2D eigenvalue weighted by atomic mass is 35.5. The fourth-order valence-corrected chi connectivity index (χ4v) is 2.20. The lowest BCUT2D eigenvalue weighted by Gasteiger charge is -2.13. The number of nitrogens with zero attached hydrogens (tertiary/aromatic N) is 2. The zero-order valence-electron chi connectivity index (χ0n) is 11.2. The summed E-state index contributed by atoms with van der Waals surface area (Å²) < 4.78 is 38.1. The average molecular weight is 333 g/mol. The van der Waals surface area contributed by atoms with Gasteiger partial charge in [-0.25, -0.2) is 0 Å². The van der Waals surface area contributed by atoms with Crippen molar-refractivity contribution in [3.8, 4) is 0 Å². The maximum atomic E-state index is 12.4. The Labute approximate surface area is 128 Å². The monoisotopic (exact) mass is 332 g/mol. The molecule has 0 radical (unpaired) electrons. The van der Waals surface area contributed by atoms with Crippen LogP contribution in [0.3, 0.4) is 0 Å². The highest BCUT2D eigenvalue weighted by molar-refractivity contribution is 6.34. The van der Waals surface area contributed by atoms with E-state index in [4.69, 9.17) is 17.3 Å². The van der Waals surface area contributed by atoms with Crippen molar-refractivity contribution in [2.24, 2.45) is 5.73 Å². The van der Waals surface area contributed by atoms with E-state index in [0.717, 1.165) is 4.68 Å². The number of halogens is 4. The summed E-state index contributed by atoms with van der Waals surface area (Å²) in [6.45, 7) is -1.15. The van der Waals surface area contributed by atoms with E-state index in [0.29, 0.717) is 11.4 Å². The summed E-state index contributed by atoms with van der Waals surface area (Å²) in [4.78, 5) is 11.4. The molecule has 2 aromatic rings. The molecule has 1 aromatic heterocycles. The minimum absolute atomic E-state index is 0.0384. The van der Waals surface area contributed by atoms with Crippen molar-refractivity contribution in [2.45, 2.75) is 19.3 Å². The van der Waals surface area contributed by atoms with Gasteiger partial charge in [-0.15, -0.1) is 0 Å². The maximum absolute atomic E-state index is 12.4. The molecule has 9 heteroatoms. The molecular formula is C13H12ClF3N4O. The van der Waals surface area contributed by atoms with Gasteiger partial charge in [0.2, 0.25) is 0 Å². The van der Waals surface area contributed by atoms with Crippen LogP contribution in [0.4, 0.5) is 18.9 Å². The van der Waals surface area contributed by atoms with Crippen LogP contribution in [0.25, 0.3) is 0 Å². The van der Waals surface area contributed by atoms with Crippen LogP contribution in [0.5, 0.6) is 0 Å². The molecule has 0 saturated carbocycles. The number of carbonyl (C=O) groups excluding carboxylic acids is 1. The summed E-state index contributed by atoms with van der Waals surface area (Å²) in [6, 6.07) is 6.12. The second kappa shape index (κ2) is 6.27. The van der Waals surface area contributed by atoms with Crippen molar-refractivity contribution in [3.05, 3.63) is 46.7 Å². The van der Waals surface area contributed by atoms with Crippen LogP contribution in [-0.4, -0.2) is 21.9 Å². The number of primary amides is 1. The van der Waals surface area contributed by atoms with Crippen molar-refractivity contribution in [1.82, 2.24) is 9.78 Å². The molecule has 0 saturated heterocycles. The Bertz CT molecular complexity index is 684. The van der Waals surface area contributed by atoms with Crippen LogP contribution in [0, 0.1) is 0 Å². The van der Waals surface area contributed by atoms with Gasteiger partial charge < -0.3 is 11.1 Å². The number of hydrogen-bond acceptors (Lipinski definition) is 3. The lowest BCUT2D eigenvalue weighted by atomic mass is 10.1. The molecule has 0 fully saturated rings. The Hall–Kier alpha value is -2.22. The summed E-state index contributed by atoms with van der Waals surface area (Å²) in [5.41, 5.74) is 6.00. The lowest BCUT2D eigenvalue weighted by molar-refractivity contribution is -0.143. The van der Waals surface area contributed by atoms with Crippen LogP contribution < -0.4 is 11.1 Å². The van der Waals surface area contributed by atoms with Crippen LogP contribution in [0.15, 0.2) is 30.5 Å². The SMILES string of the molecule is NC(=O)c1c(Cl)cccc1NCc1ccnn1CC(F)(F)F. The summed E-state index contributed by atoms with van der Waals surface area (Å²) in [7, 11) is 0. The summed E-state index contributed by atoms with van der Waals surface area (Å²) in [5, 5.41) is 6.65. The number of carbonyl (C=O) groups is 1. The van der Waals surface area contributed by atoms with Gasteiger partial charge in [-0.3, -0.25) is 9.48 Å². The van der Waals surface area contributed by atoms with Crippen LogP contribution in [-0.2, 0) is 13.1 Å². The molecule has 0 bridgehead atoms. The topological polar surface area (TPSA) is 72.9 Å². The van der Waals surface area contributed by atoms with Gasteiger partial charge in [-0.05, 0) is 18.2 Å². The number of nitrogens with two attached hydrogens (primary N) is 1. The molecule has 1 heterocycles. The molecule has 2 rings (SSSR count). The van der Waals surface area contributed by atoms with Crippen molar-refractivity contribution < 1.29 is 18.0 Å². The van der Waals surface area contributed by atoms with Gasteiger partial charge >= 0.3 is 6.18 Å². The van der Waals surface area contributed by atoms with Crippen LogP contribution in [0.1, 0.15) is 16.1 Å². The Balaban J connectivity index is 2.17. The van der Waals surface area contributed by atoms with Crippen molar-refractivity contribution in [3.63, 3.8) is 0 Å². The van der Waals surface area contributed by atoms with E-state index in [9.17, 15) is 18.0 Å². The first-order valence-corrected chi connectivity index (χ1v) is 6.55. The predicted octanol–water partition coefficient (Wildman–Crippen LogP) is 2.81. The molecule has 1 amide bonds. The molecule has 3 N–H and O–H groups in total. The highest BCUT2D eigenvalue weighted by Crippen LogP contribution is 2.24. The third kappa shape index (κ3) is 3.91. The summed E-state index contributed by atoms with van der Waals surface area (Å²) in [6.07, 6.45) is -3.09. The molecule has 1 aromatic carbocycles. The highest BCUT2D eigenvalue weighted by Gasteiger charge is 2.29. The zero-order chi connectivity index (χ0) is 16.3.